The summed E-state index contributed by atoms with van der Waals surface area (Å²) in [4.78, 5) is 21.6. The number of nitrogens with one attached hydrogen (secondary N) is 1. The highest BCUT2D eigenvalue weighted by atomic mass is 79.9. The van der Waals surface area contributed by atoms with Gasteiger partial charge >= 0.3 is 5.97 Å². The molecule has 0 aromatic rings. The quantitative estimate of drug-likeness (QED) is 0.490. The van der Waals surface area contributed by atoms with Gasteiger partial charge in [-0.1, -0.05) is 15.9 Å². The number of rotatable bonds is 6. The zero-order valence-corrected chi connectivity index (χ0v) is 9.48. The van der Waals surface area contributed by atoms with Crippen molar-refractivity contribution in [1.29, 1.82) is 0 Å². The van der Waals surface area contributed by atoms with E-state index in [1.165, 1.54) is 0 Å². The molecule has 4 nitrogen and oxygen atoms in total. The Bertz CT molecular complexity index is 189. The van der Waals surface area contributed by atoms with Crippen molar-refractivity contribution in [2.45, 2.75) is 18.9 Å². The number of hydrogen-bond donors (Lipinski definition) is 3. The Morgan fingerprint density at radius 1 is 1.54 bits per heavy atom. The molecule has 0 bridgehead atoms. The number of amides is 1. The van der Waals surface area contributed by atoms with Crippen molar-refractivity contribution in [3.05, 3.63) is 0 Å². The molecule has 0 saturated heterocycles. The number of halogens is 1. The summed E-state index contributed by atoms with van der Waals surface area (Å²) < 4.78 is 0. The van der Waals surface area contributed by atoms with Gasteiger partial charge in [-0.25, -0.2) is 4.79 Å². The molecule has 6 heteroatoms. The van der Waals surface area contributed by atoms with Crippen molar-refractivity contribution in [1.82, 2.24) is 5.32 Å². The number of aliphatic carboxylic acids is 1. The number of hydrogen-bond acceptors (Lipinski definition) is 3. The van der Waals surface area contributed by atoms with Crippen molar-refractivity contribution < 1.29 is 14.7 Å². The highest BCUT2D eigenvalue weighted by Crippen LogP contribution is 1.96. The zero-order valence-electron chi connectivity index (χ0n) is 6.99. The minimum Gasteiger partial charge on any atom is -0.480 e. The second kappa shape index (κ2) is 7.20. The van der Waals surface area contributed by atoms with Gasteiger partial charge in [0, 0.05) is 11.8 Å². The Kier molecular flexibility index (Phi) is 7.07. The van der Waals surface area contributed by atoms with Crippen molar-refractivity contribution in [2.75, 3.05) is 11.1 Å². The second-order valence-corrected chi connectivity index (χ2v) is 3.65. The Hall–Kier alpha value is -0.230. The maximum absolute atomic E-state index is 11.0. The van der Waals surface area contributed by atoms with E-state index in [0.717, 1.165) is 0 Å². The van der Waals surface area contributed by atoms with Crippen LogP contribution in [0.3, 0.4) is 0 Å². The van der Waals surface area contributed by atoms with Crippen LogP contribution in [0, 0.1) is 0 Å². The van der Waals surface area contributed by atoms with Gasteiger partial charge in [-0.3, -0.25) is 4.79 Å². The first kappa shape index (κ1) is 12.8. The fourth-order valence-electron chi connectivity index (χ4n) is 0.739. The monoisotopic (exact) mass is 269 g/mol. The van der Waals surface area contributed by atoms with Crippen LogP contribution in [0.2, 0.25) is 0 Å². The van der Waals surface area contributed by atoms with Gasteiger partial charge in [-0.2, -0.15) is 12.6 Å². The van der Waals surface area contributed by atoms with Gasteiger partial charge in [0.1, 0.15) is 6.04 Å². The summed E-state index contributed by atoms with van der Waals surface area (Å²) >= 11 is 7.00. The molecule has 1 unspecified atom stereocenters. The van der Waals surface area contributed by atoms with E-state index in [9.17, 15) is 9.59 Å². The van der Waals surface area contributed by atoms with E-state index in [2.05, 4.69) is 33.9 Å². The first-order valence-corrected chi connectivity index (χ1v) is 5.56. The molecule has 13 heavy (non-hydrogen) atoms. The summed E-state index contributed by atoms with van der Waals surface area (Å²) in [6, 6.07) is -0.816. The van der Waals surface area contributed by atoms with E-state index in [0.29, 0.717) is 17.5 Å². The summed E-state index contributed by atoms with van der Waals surface area (Å²) in [6.45, 7) is 0. The Labute approximate surface area is 90.6 Å². The predicted molar refractivity (Wildman–Crippen MR) is 56.4 cm³/mol. The van der Waals surface area contributed by atoms with Gasteiger partial charge in [0.15, 0.2) is 0 Å². The molecule has 0 spiro atoms. The van der Waals surface area contributed by atoms with Crippen LogP contribution in [0.1, 0.15) is 12.8 Å². The van der Waals surface area contributed by atoms with Crippen molar-refractivity contribution >= 4 is 40.4 Å². The van der Waals surface area contributed by atoms with Gasteiger partial charge in [-0.05, 0) is 12.2 Å². The van der Waals surface area contributed by atoms with Crippen molar-refractivity contribution in [3.63, 3.8) is 0 Å². The van der Waals surface area contributed by atoms with Crippen LogP contribution in [-0.4, -0.2) is 34.1 Å². The lowest BCUT2D eigenvalue weighted by atomic mass is 10.2. The fraction of sp³-hybridized carbons (Fsp3) is 0.714. The fourth-order valence-corrected chi connectivity index (χ4v) is 1.36. The molecule has 0 aliphatic heterocycles. The SMILES string of the molecule is O=C(CCBr)NC(CCS)C(=O)O. The molecular weight excluding hydrogens is 258 g/mol. The first-order chi connectivity index (χ1) is 6.11. The number of carboxylic acid groups (broad SMARTS) is 1. The zero-order chi connectivity index (χ0) is 10.3. The number of thiol groups is 1. The summed E-state index contributed by atoms with van der Waals surface area (Å²) in [6.07, 6.45) is 0.628. The maximum Gasteiger partial charge on any atom is 0.326 e. The smallest absolute Gasteiger partial charge is 0.326 e. The molecule has 1 amide bonds. The average Bonchev–Trinajstić information content (AvgIpc) is 2.04. The summed E-state index contributed by atoms with van der Waals surface area (Å²) in [7, 11) is 0. The molecular formula is C7H12BrNO3S. The Balaban J connectivity index is 3.94. The van der Waals surface area contributed by atoms with Gasteiger partial charge in [-0.15, -0.1) is 0 Å². The van der Waals surface area contributed by atoms with Gasteiger partial charge < -0.3 is 10.4 Å². The lowest BCUT2D eigenvalue weighted by molar-refractivity contribution is -0.141. The number of carbonyl (C=O) groups excluding carboxylic acids is 1. The molecule has 0 heterocycles. The van der Waals surface area contributed by atoms with Crippen LogP contribution < -0.4 is 5.32 Å². The number of carbonyl (C=O) groups is 2. The van der Waals surface area contributed by atoms with E-state index < -0.39 is 12.0 Å². The van der Waals surface area contributed by atoms with Crippen LogP contribution in [0.15, 0.2) is 0 Å². The van der Waals surface area contributed by atoms with Crippen LogP contribution in [0.4, 0.5) is 0 Å². The first-order valence-electron chi connectivity index (χ1n) is 3.80. The summed E-state index contributed by atoms with van der Waals surface area (Å²) in [5, 5.41) is 11.6. The van der Waals surface area contributed by atoms with E-state index >= 15 is 0 Å². The molecule has 0 saturated carbocycles. The van der Waals surface area contributed by atoms with E-state index in [4.69, 9.17) is 5.11 Å². The highest BCUT2D eigenvalue weighted by molar-refractivity contribution is 9.09. The van der Waals surface area contributed by atoms with Gasteiger partial charge in [0.25, 0.3) is 0 Å². The van der Waals surface area contributed by atoms with Gasteiger partial charge in [0.05, 0.1) is 0 Å². The number of carboxylic acids is 1. The third kappa shape index (κ3) is 5.93. The molecule has 0 radical (unpaired) electrons. The minimum absolute atomic E-state index is 0.258. The third-order valence-corrected chi connectivity index (χ3v) is 2.03. The van der Waals surface area contributed by atoms with Crippen LogP contribution in [0.5, 0.6) is 0 Å². The molecule has 1 atom stereocenters. The molecule has 0 aromatic heterocycles. The largest absolute Gasteiger partial charge is 0.480 e. The molecule has 0 aromatic carbocycles. The molecule has 0 aliphatic carbocycles. The second-order valence-electron chi connectivity index (χ2n) is 2.41. The Morgan fingerprint density at radius 2 is 2.15 bits per heavy atom. The summed E-state index contributed by atoms with van der Waals surface area (Å²) in [5.41, 5.74) is 0. The van der Waals surface area contributed by atoms with E-state index in [-0.39, 0.29) is 12.3 Å². The van der Waals surface area contributed by atoms with Crippen LogP contribution >= 0.6 is 28.6 Å². The lowest BCUT2D eigenvalue weighted by Gasteiger charge is -2.12. The highest BCUT2D eigenvalue weighted by Gasteiger charge is 2.17. The predicted octanol–water partition coefficient (Wildman–Crippen LogP) is 0.661. The minimum atomic E-state index is -1.02. The molecule has 2 N–H and O–H groups in total. The van der Waals surface area contributed by atoms with Crippen LogP contribution in [0.25, 0.3) is 0 Å². The maximum atomic E-state index is 11.0. The van der Waals surface area contributed by atoms with Gasteiger partial charge in [0.2, 0.25) is 5.91 Å². The van der Waals surface area contributed by atoms with E-state index in [1.807, 2.05) is 0 Å². The molecule has 0 rings (SSSR count). The third-order valence-electron chi connectivity index (χ3n) is 1.37. The topological polar surface area (TPSA) is 66.4 Å². The van der Waals surface area contributed by atoms with E-state index in [1.54, 1.807) is 0 Å². The number of alkyl halides is 1. The van der Waals surface area contributed by atoms with Crippen molar-refractivity contribution in [2.24, 2.45) is 0 Å². The van der Waals surface area contributed by atoms with Crippen LogP contribution in [-0.2, 0) is 9.59 Å². The lowest BCUT2D eigenvalue weighted by Crippen LogP contribution is -2.41. The molecule has 76 valence electrons. The molecule has 0 aliphatic rings. The summed E-state index contributed by atoms with van der Waals surface area (Å²) in [5.74, 6) is -0.839. The molecule has 0 fully saturated rings. The standard InChI is InChI=1S/C7H12BrNO3S/c8-3-1-6(10)9-5(2-4-13)7(11)12/h5,13H,1-4H2,(H,9,10)(H,11,12). The average molecular weight is 270 g/mol. The Morgan fingerprint density at radius 3 is 2.54 bits per heavy atom. The normalized spacial score (nSPS) is 12.2. The van der Waals surface area contributed by atoms with Crippen molar-refractivity contribution in [3.8, 4) is 0 Å².